The predicted molar refractivity (Wildman–Crippen MR) is 147 cm³/mol. The summed E-state index contributed by atoms with van der Waals surface area (Å²) in [5, 5.41) is 0.371. The van der Waals surface area contributed by atoms with Crippen molar-refractivity contribution >= 4 is 23.2 Å². The van der Waals surface area contributed by atoms with E-state index in [1.165, 1.54) is 12.1 Å². The van der Waals surface area contributed by atoms with Crippen molar-refractivity contribution in [2.75, 3.05) is 57.8 Å². The van der Waals surface area contributed by atoms with Gasteiger partial charge in [-0.1, -0.05) is 48.0 Å². The minimum absolute atomic E-state index is 0.0108. The average Bonchev–Trinajstić information content (AvgIpc) is 3.37. The molecule has 0 radical (unpaired) electrons. The number of anilines is 1. The maximum atomic E-state index is 13.5. The fourth-order valence-corrected chi connectivity index (χ4v) is 5.89. The second-order valence-electron chi connectivity index (χ2n) is 10.2. The molecule has 0 saturated carbocycles. The van der Waals surface area contributed by atoms with Gasteiger partial charge in [0.2, 0.25) is 0 Å². The molecule has 1 amide bonds. The van der Waals surface area contributed by atoms with E-state index in [0.717, 1.165) is 43.7 Å². The van der Waals surface area contributed by atoms with E-state index in [-0.39, 0.29) is 17.7 Å². The van der Waals surface area contributed by atoms with Gasteiger partial charge < -0.3 is 14.5 Å². The summed E-state index contributed by atoms with van der Waals surface area (Å²) in [7, 11) is 1.65. The van der Waals surface area contributed by atoms with E-state index in [0.29, 0.717) is 35.8 Å². The Morgan fingerprint density at radius 2 is 1.69 bits per heavy atom. The number of alkyl halides is 3. The third-order valence-electron chi connectivity index (χ3n) is 7.76. The molecule has 39 heavy (non-hydrogen) atoms. The molecule has 2 aliphatic heterocycles. The number of carbonyl (C=O) groups is 1. The zero-order chi connectivity index (χ0) is 27.6. The first-order valence-corrected chi connectivity index (χ1v) is 13.4. The molecule has 2 aliphatic rings. The quantitative estimate of drug-likeness (QED) is 0.370. The molecule has 3 aromatic rings. The molecule has 3 aromatic carbocycles. The highest BCUT2D eigenvalue weighted by Crippen LogP contribution is 2.38. The molecule has 0 spiro atoms. The van der Waals surface area contributed by atoms with Gasteiger partial charge in [0.25, 0.3) is 5.91 Å². The number of ether oxygens (including phenoxy) is 1. The van der Waals surface area contributed by atoms with Crippen LogP contribution in [0.2, 0.25) is 5.02 Å². The Morgan fingerprint density at radius 1 is 0.949 bits per heavy atom. The minimum Gasteiger partial charge on any atom is -0.497 e. The van der Waals surface area contributed by atoms with E-state index in [4.69, 9.17) is 16.3 Å². The molecule has 5 rings (SSSR count). The van der Waals surface area contributed by atoms with Gasteiger partial charge in [0.1, 0.15) is 5.75 Å². The minimum atomic E-state index is -4.42. The lowest BCUT2D eigenvalue weighted by Gasteiger charge is -2.38. The molecule has 0 N–H and O–H groups in total. The average molecular weight is 558 g/mol. The molecule has 5 nitrogen and oxygen atoms in total. The number of carbonyl (C=O) groups excluding carboxylic acids is 1. The number of likely N-dealkylation sites (tertiary alicyclic amines) is 1. The standard InChI is InChI=1S/C30H31ClF3N3O2/c1-39-25-9-5-8-24(17-25)36-14-12-35(13-15-36)18-22-19-37(29(38)26-10-2-3-11-28(26)31)20-27(22)21-6-4-7-23(16-21)30(32,33)34/h2-11,16-17,22,27H,12-15,18-20H2,1H3. The van der Waals surface area contributed by atoms with Crippen LogP contribution in [0.25, 0.3) is 0 Å². The molecule has 2 atom stereocenters. The number of halogens is 4. The van der Waals surface area contributed by atoms with Gasteiger partial charge in [-0.3, -0.25) is 9.69 Å². The van der Waals surface area contributed by atoms with Crippen molar-refractivity contribution in [3.8, 4) is 5.75 Å². The first-order valence-electron chi connectivity index (χ1n) is 13.1. The predicted octanol–water partition coefficient (Wildman–Crippen LogP) is 6.05. The smallest absolute Gasteiger partial charge is 0.416 e. The highest BCUT2D eigenvalue weighted by atomic mass is 35.5. The van der Waals surface area contributed by atoms with E-state index in [9.17, 15) is 18.0 Å². The summed E-state index contributed by atoms with van der Waals surface area (Å²) in [4.78, 5) is 19.8. The van der Waals surface area contributed by atoms with Crippen molar-refractivity contribution < 1.29 is 22.7 Å². The number of rotatable bonds is 6. The summed E-state index contributed by atoms with van der Waals surface area (Å²) in [5.41, 5.74) is 1.46. The van der Waals surface area contributed by atoms with Crippen LogP contribution < -0.4 is 9.64 Å². The summed E-state index contributed by atoms with van der Waals surface area (Å²) in [6, 6.07) is 20.4. The molecule has 2 saturated heterocycles. The van der Waals surface area contributed by atoms with Gasteiger partial charge in [0.05, 0.1) is 23.3 Å². The summed E-state index contributed by atoms with van der Waals surface area (Å²) >= 11 is 6.30. The van der Waals surface area contributed by atoms with Crippen molar-refractivity contribution in [2.24, 2.45) is 5.92 Å². The second-order valence-corrected chi connectivity index (χ2v) is 10.6. The van der Waals surface area contributed by atoms with Gasteiger partial charge >= 0.3 is 6.18 Å². The number of methoxy groups -OCH3 is 1. The van der Waals surface area contributed by atoms with Gasteiger partial charge in [-0.25, -0.2) is 0 Å². The van der Waals surface area contributed by atoms with Crippen LogP contribution in [0.1, 0.15) is 27.4 Å². The van der Waals surface area contributed by atoms with Crippen LogP contribution in [0.4, 0.5) is 18.9 Å². The fraction of sp³-hybridized carbons (Fsp3) is 0.367. The van der Waals surface area contributed by atoms with Gasteiger partial charge in [-0.2, -0.15) is 13.2 Å². The van der Waals surface area contributed by atoms with Crippen molar-refractivity contribution in [1.82, 2.24) is 9.80 Å². The van der Waals surface area contributed by atoms with Crippen LogP contribution in [-0.2, 0) is 6.18 Å². The topological polar surface area (TPSA) is 36.0 Å². The van der Waals surface area contributed by atoms with Crippen molar-refractivity contribution in [3.63, 3.8) is 0 Å². The Kier molecular flexibility index (Phi) is 8.05. The molecular weight excluding hydrogens is 527 g/mol. The Labute approximate surface area is 231 Å². The van der Waals surface area contributed by atoms with E-state index in [1.807, 2.05) is 18.2 Å². The van der Waals surface area contributed by atoms with E-state index < -0.39 is 11.7 Å². The number of amides is 1. The maximum Gasteiger partial charge on any atom is 0.416 e. The Balaban J connectivity index is 1.33. The van der Waals surface area contributed by atoms with Crippen LogP contribution >= 0.6 is 11.6 Å². The molecule has 2 heterocycles. The van der Waals surface area contributed by atoms with Crippen molar-refractivity contribution in [3.05, 3.63) is 94.5 Å². The highest BCUT2D eigenvalue weighted by Gasteiger charge is 2.39. The zero-order valence-corrected chi connectivity index (χ0v) is 22.5. The number of hydrogen-bond donors (Lipinski definition) is 0. The largest absolute Gasteiger partial charge is 0.497 e. The number of piperazine rings is 1. The summed E-state index contributed by atoms with van der Waals surface area (Å²) < 4.78 is 45.9. The Bertz CT molecular complexity index is 1310. The van der Waals surface area contributed by atoms with Crippen molar-refractivity contribution in [1.29, 1.82) is 0 Å². The van der Waals surface area contributed by atoms with E-state index in [2.05, 4.69) is 15.9 Å². The van der Waals surface area contributed by atoms with Gasteiger partial charge in [-0.05, 0) is 41.8 Å². The number of nitrogens with zero attached hydrogens (tertiary/aromatic N) is 3. The Hall–Kier alpha value is -3.23. The highest BCUT2D eigenvalue weighted by molar-refractivity contribution is 6.33. The lowest BCUT2D eigenvalue weighted by atomic mass is 9.87. The molecule has 0 bridgehead atoms. The van der Waals surface area contributed by atoms with Gasteiger partial charge in [0.15, 0.2) is 0 Å². The lowest BCUT2D eigenvalue weighted by Crippen LogP contribution is -2.48. The fourth-order valence-electron chi connectivity index (χ4n) is 5.68. The number of hydrogen-bond acceptors (Lipinski definition) is 4. The van der Waals surface area contributed by atoms with Gasteiger partial charge in [-0.15, -0.1) is 0 Å². The van der Waals surface area contributed by atoms with E-state index >= 15 is 0 Å². The molecule has 2 fully saturated rings. The normalized spacial score (nSPS) is 20.3. The van der Waals surface area contributed by atoms with E-state index in [1.54, 1.807) is 42.3 Å². The van der Waals surface area contributed by atoms with Crippen LogP contribution in [0.5, 0.6) is 5.75 Å². The summed E-state index contributed by atoms with van der Waals surface area (Å²) in [6.45, 7) is 4.80. The molecule has 0 aromatic heterocycles. The maximum absolute atomic E-state index is 13.5. The number of benzene rings is 3. The zero-order valence-electron chi connectivity index (χ0n) is 21.7. The first kappa shape index (κ1) is 27.3. The third kappa shape index (κ3) is 6.17. The third-order valence-corrected chi connectivity index (χ3v) is 8.09. The monoisotopic (exact) mass is 557 g/mol. The lowest BCUT2D eigenvalue weighted by molar-refractivity contribution is -0.137. The molecule has 0 aliphatic carbocycles. The van der Waals surface area contributed by atoms with Crippen molar-refractivity contribution in [2.45, 2.75) is 12.1 Å². The molecule has 2 unspecified atom stereocenters. The second kappa shape index (κ2) is 11.5. The molecule has 9 heteroatoms. The van der Waals surface area contributed by atoms with Gasteiger partial charge in [0, 0.05) is 63.5 Å². The van der Waals surface area contributed by atoms with Crippen LogP contribution in [-0.4, -0.2) is 68.6 Å². The van der Waals surface area contributed by atoms with Crippen LogP contribution in [0.15, 0.2) is 72.8 Å². The van der Waals surface area contributed by atoms with Crippen LogP contribution in [0.3, 0.4) is 0 Å². The Morgan fingerprint density at radius 3 is 2.41 bits per heavy atom. The first-order chi connectivity index (χ1) is 18.7. The summed E-state index contributed by atoms with van der Waals surface area (Å²) in [5.74, 6) is 0.398. The SMILES string of the molecule is COc1cccc(N2CCN(CC3CN(C(=O)c4ccccc4Cl)CC3c3cccc(C(F)(F)F)c3)CC2)c1. The molecular formula is C30H31ClF3N3O2. The van der Waals surface area contributed by atoms with Crippen LogP contribution in [0, 0.1) is 5.92 Å². The molecule has 206 valence electrons. The summed E-state index contributed by atoms with van der Waals surface area (Å²) in [6.07, 6.45) is -4.42.